The molecule has 0 rings (SSSR count). The fourth-order valence-electron chi connectivity index (χ4n) is 0.554. The van der Waals surface area contributed by atoms with Crippen molar-refractivity contribution in [1.82, 2.24) is 0 Å². The molecule has 0 bridgehead atoms. The quantitative estimate of drug-likeness (QED) is 0.549. The van der Waals surface area contributed by atoms with E-state index in [1.165, 1.54) is 0 Å². The summed E-state index contributed by atoms with van der Waals surface area (Å²) in [5.41, 5.74) is 3.01. The second-order valence-electron chi connectivity index (χ2n) is 2.93. The molecule has 0 aromatic carbocycles. The van der Waals surface area contributed by atoms with Crippen molar-refractivity contribution in [2.24, 2.45) is 0 Å². The van der Waals surface area contributed by atoms with Gasteiger partial charge in [0, 0.05) is 0 Å². The Bertz CT molecular complexity index is 223. The molecule has 0 aliphatic rings. The maximum atomic E-state index is 3.84. The summed E-state index contributed by atoms with van der Waals surface area (Å²) in [5.74, 6) is 0. The van der Waals surface area contributed by atoms with Crippen LogP contribution in [0.4, 0.5) is 0 Å². The van der Waals surface area contributed by atoms with Crippen LogP contribution in [0.5, 0.6) is 0 Å². The zero-order valence-electron chi connectivity index (χ0n) is 7.93. The summed E-state index contributed by atoms with van der Waals surface area (Å²) in [6, 6.07) is 0. The molecule has 0 aromatic rings. The van der Waals surface area contributed by atoms with Crippen LogP contribution in [0.2, 0.25) is 0 Å². The molecule has 0 nitrogen and oxygen atoms in total. The van der Waals surface area contributed by atoms with E-state index in [-0.39, 0.29) is 0 Å². The summed E-state index contributed by atoms with van der Waals surface area (Å²) in [4.78, 5) is 0. The predicted octanol–water partition coefficient (Wildman–Crippen LogP) is 3.81. The monoisotopic (exact) mass is 160 g/mol. The average Bonchev–Trinajstić information content (AvgIpc) is 1.96. The lowest BCUT2D eigenvalue weighted by atomic mass is 10.2. The minimum atomic E-state index is 0.959. The summed E-state index contributed by atoms with van der Waals surface area (Å²) < 4.78 is 0. The molecule has 0 atom stereocenters. The molecule has 0 heteroatoms. The van der Waals surface area contributed by atoms with Crippen LogP contribution in [0.25, 0.3) is 0 Å². The Labute approximate surface area is 75.3 Å². The fraction of sp³-hybridized carbons (Fsp3) is 0.167. The molecular weight excluding hydrogens is 144 g/mol. The Morgan fingerprint density at radius 3 is 1.33 bits per heavy atom. The van der Waals surface area contributed by atoms with Crippen LogP contribution >= 0.6 is 0 Å². The highest BCUT2D eigenvalue weighted by Crippen LogP contribution is 2.01. The molecule has 0 N–H and O–H groups in total. The van der Waals surface area contributed by atoms with Gasteiger partial charge in [-0.2, -0.15) is 0 Å². The Hall–Kier alpha value is -1.30. The third-order valence-electron chi connectivity index (χ3n) is 1.16. The molecule has 64 valence electrons. The van der Waals surface area contributed by atoms with Crippen molar-refractivity contribution in [1.29, 1.82) is 0 Å². The summed E-state index contributed by atoms with van der Waals surface area (Å²) in [5, 5.41) is 0. The second-order valence-corrected chi connectivity index (χ2v) is 2.93. The largest absolute Gasteiger partial charge is 0.0961 e. The number of hydrogen-bond acceptors (Lipinski definition) is 0. The van der Waals surface area contributed by atoms with Gasteiger partial charge in [0.25, 0.3) is 0 Å². The van der Waals surface area contributed by atoms with Gasteiger partial charge in [0.15, 0.2) is 0 Å². The van der Waals surface area contributed by atoms with Crippen molar-refractivity contribution < 1.29 is 0 Å². The molecule has 0 saturated carbocycles. The zero-order valence-corrected chi connectivity index (χ0v) is 7.93. The predicted molar refractivity (Wildman–Crippen MR) is 57.0 cm³/mol. The van der Waals surface area contributed by atoms with Gasteiger partial charge in [0.05, 0.1) is 0 Å². The normalized spacial score (nSPS) is 10.8. The Morgan fingerprint density at radius 1 is 0.750 bits per heavy atom. The third kappa shape index (κ3) is 6.81. The number of allylic oxidation sites excluding steroid dienone is 7. The first-order valence-corrected chi connectivity index (χ1v) is 3.88. The van der Waals surface area contributed by atoms with E-state index in [1.807, 2.05) is 38.2 Å². The lowest BCUT2D eigenvalue weighted by Gasteiger charge is -1.90. The summed E-state index contributed by atoms with van der Waals surface area (Å²) in [7, 11) is 0. The van der Waals surface area contributed by atoms with Crippen molar-refractivity contribution in [3.8, 4) is 0 Å². The molecule has 0 fully saturated rings. The molecule has 12 heavy (non-hydrogen) atoms. The number of rotatable bonds is 4. The third-order valence-corrected chi connectivity index (χ3v) is 1.16. The van der Waals surface area contributed by atoms with Crippen LogP contribution in [0.15, 0.2) is 60.8 Å². The smallest absolute Gasteiger partial charge is 0.0329 e. The summed E-state index contributed by atoms with van der Waals surface area (Å²) in [6.45, 7) is 15.2. The van der Waals surface area contributed by atoms with Crippen molar-refractivity contribution in [2.45, 2.75) is 13.8 Å². The standard InChI is InChI=1S/C12H16/c1-10(2)6-8-12(5)9-7-11(3)4/h6-9H,1,3,5H2,2,4H3/b8-6-,9-7+. The Balaban J connectivity index is 4.07. The topological polar surface area (TPSA) is 0 Å². The molecule has 0 saturated heterocycles. The Morgan fingerprint density at radius 2 is 1.08 bits per heavy atom. The van der Waals surface area contributed by atoms with Gasteiger partial charge in [0.2, 0.25) is 0 Å². The molecule has 0 spiro atoms. The molecule has 0 amide bonds. The van der Waals surface area contributed by atoms with Gasteiger partial charge < -0.3 is 0 Å². The zero-order chi connectivity index (χ0) is 9.56. The molecular formula is C12H16. The minimum Gasteiger partial charge on any atom is -0.0961 e. The highest BCUT2D eigenvalue weighted by molar-refractivity contribution is 5.33. The highest BCUT2D eigenvalue weighted by atomic mass is 13.9. The van der Waals surface area contributed by atoms with E-state index in [0.717, 1.165) is 16.7 Å². The molecule has 0 aromatic heterocycles. The minimum absolute atomic E-state index is 0.959. The van der Waals surface area contributed by atoms with E-state index < -0.39 is 0 Å². The highest BCUT2D eigenvalue weighted by Gasteiger charge is 1.80. The number of hydrogen-bond donors (Lipinski definition) is 0. The van der Waals surface area contributed by atoms with Crippen LogP contribution < -0.4 is 0 Å². The first-order chi connectivity index (χ1) is 5.52. The van der Waals surface area contributed by atoms with Gasteiger partial charge >= 0.3 is 0 Å². The lowest BCUT2D eigenvalue weighted by Crippen LogP contribution is -1.69. The van der Waals surface area contributed by atoms with Crippen LogP contribution in [0.3, 0.4) is 0 Å². The van der Waals surface area contributed by atoms with Gasteiger partial charge in [-0.3, -0.25) is 0 Å². The van der Waals surface area contributed by atoms with Gasteiger partial charge in [0.1, 0.15) is 0 Å². The summed E-state index contributed by atoms with van der Waals surface area (Å²) in [6.07, 6.45) is 7.74. The maximum Gasteiger partial charge on any atom is -0.0329 e. The van der Waals surface area contributed by atoms with Crippen molar-refractivity contribution in [2.75, 3.05) is 0 Å². The SMILES string of the molecule is C=C(C)/C=C\C(=C)/C=C/C(=C)C. The molecule has 0 aliphatic carbocycles. The molecule has 0 aliphatic heterocycles. The first-order valence-electron chi connectivity index (χ1n) is 3.88. The molecule has 0 unspecified atom stereocenters. The van der Waals surface area contributed by atoms with E-state index in [2.05, 4.69) is 19.7 Å². The lowest BCUT2D eigenvalue weighted by molar-refractivity contribution is 1.52. The van der Waals surface area contributed by atoms with E-state index in [0.29, 0.717) is 0 Å². The van der Waals surface area contributed by atoms with E-state index >= 15 is 0 Å². The van der Waals surface area contributed by atoms with Crippen molar-refractivity contribution >= 4 is 0 Å². The van der Waals surface area contributed by atoms with Gasteiger partial charge in [-0.15, -0.1) is 0 Å². The second kappa shape index (κ2) is 5.36. The van der Waals surface area contributed by atoms with Crippen LogP contribution in [0.1, 0.15) is 13.8 Å². The molecule has 0 heterocycles. The molecule has 0 radical (unpaired) electrons. The van der Waals surface area contributed by atoms with Gasteiger partial charge in [-0.25, -0.2) is 0 Å². The maximum absolute atomic E-state index is 3.84. The van der Waals surface area contributed by atoms with Crippen LogP contribution in [-0.2, 0) is 0 Å². The Kier molecular flexibility index (Phi) is 4.78. The van der Waals surface area contributed by atoms with E-state index in [1.54, 1.807) is 0 Å². The summed E-state index contributed by atoms with van der Waals surface area (Å²) >= 11 is 0. The average molecular weight is 160 g/mol. The fourth-order valence-corrected chi connectivity index (χ4v) is 0.554. The first kappa shape index (κ1) is 10.7. The van der Waals surface area contributed by atoms with E-state index in [4.69, 9.17) is 0 Å². The van der Waals surface area contributed by atoms with Gasteiger partial charge in [-0.1, -0.05) is 55.2 Å². The van der Waals surface area contributed by atoms with Crippen molar-refractivity contribution in [3.63, 3.8) is 0 Å². The van der Waals surface area contributed by atoms with Gasteiger partial charge in [-0.05, 0) is 19.4 Å². The van der Waals surface area contributed by atoms with E-state index in [9.17, 15) is 0 Å². The van der Waals surface area contributed by atoms with Crippen LogP contribution in [-0.4, -0.2) is 0 Å². The van der Waals surface area contributed by atoms with Crippen molar-refractivity contribution in [3.05, 3.63) is 60.8 Å². The van der Waals surface area contributed by atoms with Crippen LogP contribution in [0, 0.1) is 0 Å².